The molecule has 86 valence electrons. The molecule has 0 aliphatic rings. The normalized spacial score (nSPS) is 11.9. The van der Waals surface area contributed by atoms with Gasteiger partial charge in [0.25, 0.3) is 0 Å². The number of hydrogen-bond acceptors (Lipinski definition) is 2. The highest BCUT2D eigenvalue weighted by Crippen LogP contribution is 2.06. The monoisotopic (exact) mass is 224 g/mol. The topological polar surface area (TPSA) is 72.2 Å². The predicted octanol–water partition coefficient (Wildman–Crippen LogP) is 0.358. The second-order valence-corrected chi connectivity index (χ2v) is 3.49. The summed E-state index contributed by atoms with van der Waals surface area (Å²) in [6, 6.07) is 5.01. The van der Waals surface area contributed by atoms with Gasteiger partial charge in [0, 0.05) is 13.3 Å². The number of amides is 2. The van der Waals surface area contributed by atoms with Gasteiger partial charge in [-0.3, -0.25) is 9.59 Å². The minimum absolute atomic E-state index is 0.187. The SMILES string of the molecule is CC(=O)N[C@H](Cc1cccc(F)c1)C(N)=O. The molecule has 0 fully saturated rings. The minimum Gasteiger partial charge on any atom is -0.368 e. The molecule has 0 bridgehead atoms. The van der Waals surface area contributed by atoms with Gasteiger partial charge in [-0.25, -0.2) is 4.39 Å². The molecule has 0 heterocycles. The zero-order chi connectivity index (χ0) is 12.1. The van der Waals surface area contributed by atoms with E-state index in [1.807, 2.05) is 0 Å². The first-order valence-electron chi connectivity index (χ1n) is 4.80. The van der Waals surface area contributed by atoms with E-state index in [2.05, 4.69) is 5.32 Å². The van der Waals surface area contributed by atoms with Crippen LogP contribution in [0.5, 0.6) is 0 Å². The lowest BCUT2D eigenvalue weighted by molar-refractivity contribution is -0.126. The highest BCUT2D eigenvalue weighted by atomic mass is 19.1. The Morgan fingerprint density at radius 2 is 2.19 bits per heavy atom. The Labute approximate surface area is 92.6 Å². The molecular formula is C11H13FN2O2. The Balaban J connectivity index is 2.75. The average Bonchev–Trinajstić information content (AvgIpc) is 2.15. The lowest BCUT2D eigenvalue weighted by Gasteiger charge is -2.14. The van der Waals surface area contributed by atoms with Gasteiger partial charge in [-0.1, -0.05) is 12.1 Å². The zero-order valence-electron chi connectivity index (χ0n) is 8.87. The van der Waals surface area contributed by atoms with Crippen molar-refractivity contribution in [2.45, 2.75) is 19.4 Å². The van der Waals surface area contributed by atoms with Crippen molar-refractivity contribution < 1.29 is 14.0 Å². The van der Waals surface area contributed by atoms with Crippen molar-refractivity contribution in [3.05, 3.63) is 35.6 Å². The molecule has 0 aromatic heterocycles. The number of nitrogens with one attached hydrogen (secondary N) is 1. The Morgan fingerprint density at radius 3 is 2.69 bits per heavy atom. The van der Waals surface area contributed by atoms with Crippen LogP contribution in [0, 0.1) is 5.82 Å². The molecule has 1 atom stereocenters. The van der Waals surface area contributed by atoms with E-state index in [1.165, 1.54) is 25.1 Å². The summed E-state index contributed by atoms with van der Waals surface area (Å²) in [6.07, 6.45) is 0.187. The third kappa shape index (κ3) is 3.68. The molecule has 5 heteroatoms. The quantitative estimate of drug-likeness (QED) is 0.775. The molecule has 1 aromatic rings. The second-order valence-electron chi connectivity index (χ2n) is 3.49. The first-order valence-corrected chi connectivity index (χ1v) is 4.80. The first kappa shape index (κ1) is 12.2. The lowest BCUT2D eigenvalue weighted by atomic mass is 10.1. The number of rotatable bonds is 4. The highest BCUT2D eigenvalue weighted by molar-refractivity contribution is 5.85. The van der Waals surface area contributed by atoms with Crippen LogP contribution in [0.15, 0.2) is 24.3 Å². The van der Waals surface area contributed by atoms with E-state index in [0.29, 0.717) is 5.56 Å². The van der Waals surface area contributed by atoms with Gasteiger partial charge in [-0.15, -0.1) is 0 Å². The van der Waals surface area contributed by atoms with Crippen LogP contribution in [-0.2, 0) is 16.0 Å². The third-order valence-corrected chi connectivity index (χ3v) is 2.05. The third-order valence-electron chi connectivity index (χ3n) is 2.05. The van der Waals surface area contributed by atoms with Crippen LogP contribution in [0.3, 0.4) is 0 Å². The molecule has 0 spiro atoms. The molecule has 0 saturated carbocycles. The summed E-state index contributed by atoms with van der Waals surface area (Å²) in [6.45, 7) is 1.29. The average molecular weight is 224 g/mol. The number of benzene rings is 1. The van der Waals surface area contributed by atoms with Crippen molar-refractivity contribution in [1.29, 1.82) is 0 Å². The number of primary amides is 1. The molecule has 0 aliphatic heterocycles. The van der Waals surface area contributed by atoms with Gasteiger partial charge in [0.05, 0.1) is 0 Å². The highest BCUT2D eigenvalue weighted by Gasteiger charge is 2.16. The van der Waals surface area contributed by atoms with Gasteiger partial charge in [0.1, 0.15) is 11.9 Å². The fraction of sp³-hybridized carbons (Fsp3) is 0.273. The Kier molecular flexibility index (Phi) is 3.99. The van der Waals surface area contributed by atoms with E-state index in [-0.39, 0.29) is 18.1 Å². The number of carbonyl (C=O) groups is 2. The van der Waals surface area contributed by atoms with Crippen molar-refractivity contribution in [1.82, 2.24) is 5.32 Å². The van der Waals surface area contributed by atoms with Crippen LogP contribution in [0.4, 0.5) is 4.39 Å². The van der Waals surface area contributed by atoms with Crippen molar-refractivity contribution in [2.75, 3.05) is 0 Å². The first-order chi connectivity index (χ1) is 7.49. The van der Waals surface area contributed by atoms with Gasteiger partial charge >= 0.3 is 0 Å². The number of hydrogen-bond donors (Lipinski definition) is 2. The maximum absolute atomic E-state index is 12.9. The van der Waals surface area contributed by atoms with Crippen molar-refractivity contribution in [2.24, 2.45) is 5.73 Å². The summed E-state index contributed by atoms with van der Waals surface area (Å²) in [5.41, 5.74) is 5.73. The van der Waals surface area contributed by atoms with Crippen LogP contribution in [0.25, 0.3) is 0 Å². The van der Waals surface area contributed by atoms with E-state index in [9.17, 15) is 14.0 Å². The molecule has 1 rings (SSSR count). The molecule has 0 radical (unpaired) electrons. The molecule has 0 aliphatic carbocycles. The molecule has 0 saturated heterocycles. The molecule has 2 amide bonds. The summed E-state index contributed by atoms with van der Waals surface area (Å²) in [4.78, 5) is 21.9. The van der Waals surface area contributed by atoms with Crippen LogP contribution in [0.2, 0.25) is 0 Å². The summed E-state index contributed by atoms with van der Waals surface area (Å²) in [7, 11) is 0. The van der Waals surface area contributed by atoms with Crippen LogP contribution in [-0.4, -0.2) is 17.9 Å². The Morgan fingerprint density at radius 1 is 1.50 bits per heavy atom. The molecule has 4 nitrogen and oxygen atoms in total. The fourth-order valence-corrected chi connectivity index (χ4v) is 1.37. The summed E-state index contributed by atoms with van der Waals surface area (Å²) < 4.78 is 12.9. The van der Waals surface area contributed by atoms with E-state index < -0.39 is 11.9 Å². The Hall–Kier alpha value is -1.91. The van der Waals surface area contributed by atoms with Gasteiger partial charge in [0.15, 0.2) is 0 Å². The van der Waals surface area contributed by atoms with Crippen molar-refractivity contribution in [3.63, 3.8) is 0 Å². The molecular weight excluding hydrogens is 211 g/mol. The second kappa shape index (κ2) is 5.25. The maximum atomic E-state index is 12.9. The number of nitrogens with two attached hydrogens (primary N) is 1. The number of carbonyl (C=O) groups excluding carboxylic acids is 2. The van der Waals surface area contributed by atoms with Crippen LogP contribution >= 0.6 is 0 Å². The zero-order valence-corrected chi connectivity index (χ0v) is 8.87. The van der Waals surface area contributed by atoms with Crippen molar-refractivity contribution >= 4 is 11.8 Å². The van der Waals surface area contributed by atoms with Crippen LogP contribution < -0.4 is 11.1 Å². The smallest absolute Gasteiger partial charge is 0.240 e. The summed E-state index contributed by atoms with van der Waals surface area (Å²) in [5, 5.41) is 2.41. The standard InChI is InChI=1S/C11H13FN2O2/c1-7(15)14-10(11(13)16)6-8-3-2-4-9(12)5-8/h2-5,10H,6H2,1H3,(H2,13,16)(H,14,15)/t10-/m1/s1. The van der Waals surface area contributed by atoms with E-state index in [1.54, 1.807) is 6.07 Å². The summed E-state index contributed by atoms with van der Waals surface area (Å²) in [5.74, 6) is -1.37. The lowest BCUT2D eigenvalue weighted by Crippen LogP contribution is -2.44. The van der Waals surface area contributed by atoms with Gasteiger partial charge < -0.3 is 11.1 Å². The largest absolute Gasteiger partial charge is 0.368 e. The van der Waals surface area contributed by atoms with Gasteiger partial charge in [-0.05, 0) is 17.7 Å². The predicted molar refractivity (Wildman–Crippen MR) is 56.9 cm³/mol. The van der Waals surface area contributed by atoms with E-state index >= 15 is 0 Å². The van der Waals surface area contributed by atoms with E-state index in [0.717, 1.165) is 0 Å². The molecule has 1 aromatic carbocycles. The van der Waals surface area contributed by atoms with Crippen LogP contribution in [0.1, 0.15) is 12.5 Å². The fourth-order valence-electron chi connectivity index (χ4n) is 1.37. The molecule has 3 N–H and O–H groups in total. The Bertz CT molecular complexity index is 407. The van der Waals surface area contributed by atoms with Gasteiger partial charge in [0.2, 0.25) is 11.8 Å². The summed E-state index contributed by atoms with van der Waals surface area (Å²) >= 11 is 0. The van der Waals surface area contributed by atoms with Crippen molar-refractivity contribution in [3.8, 4) is 0 Å². The maximum Gasteiger partial charge on any atom is 0.240 e. The van der Waals surface area contributed by atoms with Gasteiger partial charge in [-0.2, -0.15) is 0 Å². The number of halogens is 1. The molecule has 16 heavy (non-hydrogen) atoms. The molecule has 0 unspecified atom stereocenters. The minimum atomic E-state index is -0.806. The van der Waals surface area contributed by atoms with E-state index in [4.69, 9.17) is 5.73 Å².